The van der Waals surface area contributed by atoms with Crippen LogP contribution in [0.25, 0.3) is 38.6 Å². The maximum Gasteiger partial charge on any atom is 0.145 e. The number of benzene rings is 4. The number of hydrogen-bond donors (Lipinski definition) is 0. The van der Waals surface area contributed by atoms with Crippen LogP contribution >= 0.6 is 0 Å². The zero-order valence-corrected chi connectivity index (χ0v) is 18.3. The molecular weight excluding hydrogens is 388 g/mol. The van der Waals surface area contributed by atoms with Gasteiger partial charge in [-0.3, -0.25) is 4.40 Å². The average Bonchev–Trinajstić information content (AvgIpc) is 3.25. The molecule has 0 aliphatic carbocycles. The van der Waals surface area contributed by atoms with Gasteiger partial charge in [-0.1, -0.05) is 78.9 Å². The molecule has 4 aromatic carbocycles. The second kappa shape index (κ2) is 7.35. The summed E-state index contributed by atoms with van der Waals surface area (Å²) in [6.45, 7) is 4.37. The summed E-state index contributed by atoms with van der Waals surface area (Å²) in [5.74, 6) is 0. The van der Waals surface area contributed by atoms with E-state index < -0.39 is 0 Å². The van der Waals surface area contributed by atoms with Crippen molar-refractivity contribution < 1.29 is 0 Å². The molecule has 0 aliphatic rings. The van der Waals surface area contributed by atoms with Gasteiger partial charge in [0, 0.05) is 16.3 Å². The van der Waals surface area contributed by atoms with Crippen molar-refractivity contribution in [1.29, 1.82) is 0 Å². The molecule has 2 nitrogen and oxygen atoms in total. The highest BCUT2D eigenvalue weighted by molar-refractivity contribution is 6.12. The van der Waals surface area contributed by atoms with Gasteiger partial charge in [0.05, 0.1) is 17.4 Å². The second-order valence-corrected chi connectivity index (χ2v) is 8.63. The first-order valence-electron chi connectivity index (χ1n) is 11.1. The van der Waals surface area contributed by atoms with E-state index >= 15 is 0 Å². The summed E-state index contributed by atoms with van der Waals surface area (Å²) in [6.07, 6.45) is 2.96. The minimum absolute atomic E-state index is 0.927. The zero-order valence-electron chi connectivity index (χ0n) is 18.3. The monoisotopic (exact) mass is 412 g/mol. The van der Waals surface area contributed by atoms with Gasteiger partial charge in [0.2, 0.25) is 0 Å². The van der Waals surface area contributed by atoms with E-state index in [9.17, 15) is 0 Å². The predicted octanol–water partition coefficient (Wildman–Crippen LogP) is 7.52. The van der Waals surface area contributed by atoms with Crippen LogP contribution in [0.4, 0.5) is 0 Å². The molecule has 154 valence electrons. The van der Waals surface area contributed by atoms with Gasteiger partial charge in [-0.2, -0.15) is 0 Å². The van der Waals surface area contributed by atoms with Gasteiger partial charge in [0.15, 0.2) is 0 Å². The fraction of sp³-hybridized carbons (Fsp3) is 0.100. The van der Waals surface area contributed by atoms with Crippen molar-refractivity contribution in [2.24, 2.45) is 0 Å². The van der Waals surface area contributed by atoms with Crippen LogP contribution < -0.4 is 0 Å². The Morgan fingerprint density at radius 2 is 1.38 bits per heavy atom. The normalized spacial score (nSPS) is 11.6. The lowest BCUT2D eigenvalue weighted by Gasteiger charge is -2.14. The number of fused-ring (bicyclic) bond motifs is 6. The minimum Gasteiger partial charge on any atom is -0.292 e. The molecule has 0 spiro atoms. The third kappa shape index (κ3) is 2.91. The van der Waals surface area contributed by atoms with Crippen LogP contribution in [-0.4, -0.2) is 9.38 Å². The third-order valence-corrected chi connectivity index (χ3v) is 6.51. The minimum atomic E-state index is 0.927. The molecule has 0 aliphatic heterocycles. The van der Waals surface area contributed by atoms with Crippen molar-refractivity contribution in [3.63, 3.8) is 0 Å². The Bertz CT molecular complexity index is 1590. The molecule has 0 saturated heterocycles. The first-order valence-corrected chi connectivity index (χ1v) is 11.1. The molecule has 0 N–H and O–H groups in total. The third-order valence-electron chi connectivity index (χ3n) is 6.51. The Hall–Kier alpha value is -3.91. The molecule has 0 saturated carbocycles. The summed E-state index contributed by atoms with van der Waals surface area (Å²) in [7, 11) is 0. The van der Waals surface area contributed by atoms with E-state index in [1.807, 2.05) is 6.20 Å². The number of imidazole rings is 1. The Labute approximate surface area is 187 Å². The standard InChI is InChI=1S/C30H24N2/c1-20-9-8-10-21(2)29(20)28-19-31-30-25-14-7-6-13-24(25)26-18-23(15-16-27(26)32(28)30)17-22-11-4-3-5-12-22/h3-16,18-19H,17H2,1-2H3. The lowest BCUT2D eigenvalue weighted by molar-refractivity contribution is 1.19. The number of aromatic nitrogens is 2. The highest BCUT2D eigenvalue weighted by atomic mass is 15.0. The van der Waals surface area contributed by atoms with Crippen molar-refractivity contribution in [3.05, 3.63) is 119 Å². The van der Waals surface area contributed by atoms with Crippen LogP contribution in [0.1, 0.15) is 22.3 Å². The van der Waals surface area contributed by atoms with Crippen molar-refractivity contribution in [1.82, 2.24) is 9.38 Å². The summed E-state index contributed by atoms with van der Waals surface area (Å²) in [4.78, 5) is 4.91. The van der Waals surface area contributed by atoms with E-state index in [0.717, 1.165) is 17.8 Å². The summed E-state index contributed by atoms with van der Waals surface area (Å²) < 4.78 is 2.35. The molecule has 6 aromatic rings. The Balaban J connectivity index is 1.68. The number of rotatable bonds is 3. The SMILES string of the molecule is Cc1cccc(C)c1-c1cnc2c3ccccc3c3cc(Cc4ccccc4)ccc3n12. The quantitative estimate of drug-likeness (QED) is 0.275. The van der Waals surface area contributed by atoms with E-state index in [2.05, 4.69) is 109 Å². The Morgan fingerprint density at radius 3 is 2.16 bits per heavy atom. The first-order chi connectivity index (χ1) is 15.7. The van der Waals surface area contributed by atoms with Crippen LogP contribution in [0.15, 0.2) is 97.2 Å². The van der Waals surface area contributed by atoms with Gasteiger partial charge in [0.25, 0.3) is 0 Å². The molecule has 6 rings (SSSR count). The number of aryl methyl sites for hydroxylation is 2. The van der Waals surface area contributed by atoms with E-state index in [-0.39, 0.29) is 0 Å². The molecule has 0 bridgehead atoms. The molecule has 0 unspecified atom stereocenters. The van der Waals surface area contributed by atoms with E-state index in [1.165, 1.54) is 49.5 Å². The van der Waals surface area contributed by atoms with Gasteiger partial charge in [-0.25, -0.2) is 4.98 Å². The van der Waals surface area contributed by atoms with Crippen molar-refractivity contribution in [2.45, 2.75) is 20.3 Å². The van der Waals surface area contributed by atoms with Gasteiger partial charge < -0.3 is 0 Å². The Morgan fingerprint density at radius 1 is 0.656 bits per heavy atom. The van der Waals surface area contributed by atoms with Gasteiger partial charge in [-0.15, -0.1) is 0 Å². The maximum atomic E-state index is 4.91. The second-order valence-electron chi connectivity index (χ2n) is 8.63. The predicted molar refractivity (Wildman–Crippen MR) is 134 cm³/mol. The topological polar surface area (TPSA) is 17.3 Å². The fourth-order valence-corrected chi connectivity index (χ4v) is 5.03. The molecule has 0 fully saturated rings. The van der Waals surface area contributed by atoms with Gasteiger partial charge in [0.1, 0.15) is 5.65 Å². The lowest BCUT2D eigenvalue weighted by atomic mass is 9.98. The summed E-state index contributed by atoms with van der Waals surface area (Å²) in [5.41, 5.74) is 9.83. The molecular formula is C30H24N2. The summed E-state index contributed by atoms with van der Waals surface area (Å²) in [5, 5.41) is 3.71. The van der Waals surface area contributed by atoms with E-state index in [4.69, 9.17) is 4.98 Å². The van der Waals surface area contributed by atoms with Crippen molar-refractivity contribution >= 4 is 27.3 Å². The van der Waals surface area contributed by atoms with Gasteiger partial charge >= 0.3 is 0 Å². The molecule has 2 heterocycles. The smallest absolute Gasteiger partial charge is 0.145 e. The average molecular weight is 413 g/mol. The Kier molecular flexibility index (Phi) is 4.32. The van der Waals surface area contributed by atoms with Crippen LogP contribution in [0.3, 0.4) is 0 Å². The highest BCUT2D eigenvalue weighted by Gasteiger charge is 2.16. The van der Waals surface area contributed by atoms with Crippen molar-refractivity contribution in [3.8, 4) is 11.3 Å². The first kappa shape index (κ1) is 18.8. The molecule has 0 atom stereocenters. The molecule has 2 aromatic heterocycles. The van der Waals surface area contributed by atoms with E-state index in [1.54, 1.807) is 0 Å². The summed E-state index contributed by atoms with van der Waals surface area (Å²) in [6, 6.07) is 32.7. The summed E-state index contributed by atoms with van der Waals surface area (Å²) >= 11 is 0. The maximum absolute atomic E-state index is 4.91. The highest BCUT2D eigenvalue weighted by Crippen LogP contribution is 2.35. The van der Waals surface area contributed by atoms with Crippen LogP contribution in [0.5, 0.6) is 0 Å². The molecule has 32 heavy (non-hydrogen) atoms. The zero-order chi connectivity index (χ0) is 21.7. The van der Waals surface area contributed by atoms with Crippen molar-refractivity contribution in [2.75, 3.05) is 0 Å². The van der Waals surface area contributed by atoms with Crippen LogP contribution in [0.2, 0.25) is 0 Å². The van der Waals surface area contributed by atoms with Crippen LogP contribution in [-0.2, 0) is 6.42 Å². The van der Waals surface area contributed by atoms with E-state index in [0.29, 0.717) is 0 Å². The molecule has 2 heteroatoms. The molecule has 0 amide bonds. The lowest BCUT2D eigenvalue weighted by Crippen LogP contribution is -1.97. The number of pyridine rings is 1. The van der Waals surface area contributed by atoms with Crippen LogP contribution in [0, 0.1) is 13.8 Å². The molecule has 0 radical (unpaired) electrons. The fourth-order valence-electron chi connectivity index (χ4n) is 5.03. The van der Waals surface area contributed by atoms with Gasteiger partial charge in [-0.05, 0) is 60.0 Å². The number of nitrogens with zero attached hydrogens (tertiary/aromatic N) is 2. The number of hydrogen-bond acceptors (Lipinski definition) is 1. The largest absolute Gasteiger partial charge is 0.292 e.